The summed E-state index contributed by atoms with van der Waals surface area (Å²) in [5.74, 6) is -0.491. The molecule has 0 aliphatic rings. The lowest BCUT2D eigenvalue weighted by atomic mass is 10.0. The maximum Gasteiger partial charge on any atom is 0.408 e. The Hall–Kier alpha value is -2.51. The number of hydrogen-bond acceptors (Lipinski definition) is 4. The third kappa shape index (κ3) is 6.30. The monoisotopic (exact) mass is 380 g/mol. The molecule has 27 heavy (non-hydrogen) atoms. The van der Waals surface area contributed by atoms with Gasteiger partial charge in [0.05, 0.1) is 0 Å². The van der Waals surface area contributed by atoms with E-state index < -0.39 is 28.9 Å². The maximum atomic E-state index is 13.4. The summed E-state index contributed by atoms with van der Waals surface area (Å²) in [4.78, 5) is 16.2. The molecule has 2 rings (SSSR count). The number of nitrogens with one attached hydrogen (secondary N) is 1. The second kappa shape index (κ2) is 7.62. The Labute approximate surface area is 157 Å². The number of carbonyl (C=O) groups excluding carboxylic acids is 1. The van der Waals surface area contributed by atoms with Crippen molar-refractivity contribution in [3.63, 3.8) is 0 Å². The van der Waals surface area contributed by atoms with Gasteiger partial charge in [-0.15, -0.1) is 0 Å². The maximum absolute atomic E-state index is 13.4. The van der Waals surface area contributed by atoms with Gasteiger partial charge in [0.2, 0.25) is 0 Å². The molecule has 0 saturated carbocycles. The SMILES string of the molecule is Cc1nc(-c2cc(F)cc(F)c2)nn1CCC(C)(C)NC(=O)OC(C)(C)C. The minimum Gasteiger partial charge on any atom is -0.444 e. The van der Waals surface area contributed by atoms with Gasteiger partial charge < -0.3 is 10.1 Å². The van der Waals surface area contributed by atoms with E-state index in [1.165, 1.54) is 12.1 Å². The average Bonchev–Trinajstić information content (AvgIpc) is 2.83. The number of halogens is 2. The molecule has 0 aliphatic heterocycles. The Kier molecular flexibility index (Phi) is 5.87. The van der Waals surface area contributed by atoms with Gasteiger partial charge in [-0.25, -0.2) is 23.2 Å². The van der Waals surface area contributed by atoms with Gasteiger partial charge in [0.15, 0.2) is 5.82 Å². The van der Waals surface area contributed by atoms with Gasteiger partial charge in [0, 0.05) is 23.7 Å². The fourth-order valence-electron chi connectivity index (χ4n) is 2.46. The Morgan fingerprint density at radius 3 is 2.30 bits per heavy atom. The summed E-state index contributed by atoms with van der Waals surface area (Å²) in [5.41, 5.74) is -0.829. The molecule has 1 amide bonds. The molecule has 0 radical (unpaired) electrons. The molecule has 1 aromatic heterocycles. The molecule has 0 aliphatic carbocycles. The molecule has 0 atom stereocenters. The summed E-state index contributed by atoms with van der Waals surface area (Å²) in [6.07, 6.45) is 0.0756. The molecular weight excluding hydrogens is 354 g/mol. The number of amides is 1. The van der Waals surface area contributed by atoms with Gasteiger partial charge in [-0.3, -0.25) is 0 Å². The van der Waals surface area contributed by atoms with Crippen LogP contribution in [-0.4, -0.2) is 32.0 Å². The molecule has 0 spiro atoms. The summed E-state index contributed by atoms with van der Waals surface area (Å²) in [6.45, 7) is 11.4. The predicted octanol–water partition coefficient (Wildman–Crippen LogP) is 4.23. The first-order valence-electron chi connectivity index (χ1n) is 8.74. The highest BCUT2D eigenvalue weighted by Crippen LogP contribution is 2.20. The first-order valence-corrected chi connectivity index (χ1v) is 8.74. The number of aromatic nitrogens is 3. The number of carbonyl (C=O) groups is 1. The number of nitrogens with zero attached hydrogens (tertiary/aromatic N) is 3. The third-order valence-electron chi connectivity index (χ3n) is 3.77. The van der Waals surface area contributed by atoms with Crippen LogP contribution in [0.4, 0.5) is 13.6 Å². The Bertz CT molecular complexity index is 805. The zero-order chi connectivity index (χ0) is 20.4. The minimum atomic E-state index is -0.679. The van der Waals surface area contributed by atoms with Crippen LogP contribution in [0, 0.1) is 18.6 Å². The zero-order valence-corrected chi connectivity index (χ0v) is 16.6. The van der Waals surface area contributed by atoms with Crippen molar-refractivity contribution in [2.24, 2.45) is 0 Å². The first kappa shape index (κ1) is 20.8. The van der Waals surface area contributed by atoms with Crippen LogP contribution in [0.15, 0.2) is 18.2 Å². The molecule has 6 nitrogen and oxygen atoms in total. The second-order valence-corrected chi connectivity index (χ2v) is 8.12. The zero-order valence-electron chi connectivity index (χ0n) is 16.6. The predicted molar refractivity (Wildman–Crippen MR) is 98.2 cm³/mol. The van der Waals surface area contributed by atoms with Crippen LogP contribution >= 0.6 is 0 Å². The lowest BCUT2D eigenvalue weighted by Gasteiger charge is -2.28. The van der Waals surface area contributed by atoms with E-state index in [-0.39, 0.29) is 11.4 Å². The molecule has 148 valence electrons. The lowest BCUT2D eigenvalue weighted by Crippen LogP contribution is -2.46. The van der Waals surface area contributed by atoms with E-state index in [4.69, 9.17) is 4.74 Å². The normalized spacial score (nSPS) is 12.1. The molecule has 1 heterocycles. The van der Waals surface area contributed by atoms with Gasteiger partial charge in [0.25, 0.3) is 0 Å². The molecule has 0 unspecified atom stereocenters. The summed E-state index contributed by atoms with van der Waals surface area (Å²) in [5, 5.41) is 7.17. The highest BCUT2D eigenvalue weighted by Gasteiger charge is 2.25. The van der Waals surface area contributed by atoms with Crippen molar-refractivity contribution in [2.75, 3.05) is 0 Å². The van der Waals surface area contributed by atoms with Crippen LogP contribution in [0.3, 0.4) is 0 Å². The number of rotatable bonds is 5. The molecule has 0 fully saturated rings. The standard InChI is InChI=1S/C19H26F2N4O2/c1-12-22-16(13-9-14(20)11-15(21)10-13)24-25(12)8-7-19(5,6)23-17(26)27-18(2,3)4/h9-11H,7-8H2,1-6H3,(H,23,26). The Morgan fingerprint density at radius 1 is 1.15 bits per heavy atom. The van der Waals surface area contributed by atoms with E-state index in [9.17, 15) is 13.6 Å². The van der Waals surface area contributed by atoms with Gasteiger partial charge >= 0.3 is 6.09 Å². The Morgan fingerprint density at radius 2 is 1.74 bits per heavy atom. The molecule has 0 bridgehead atoms. The van der Waals surface area contributed by atoms with Crippen LogP contribution in [0.1, 0.15) is 46.9 Å². The summed E-state index contributed by atoms with van der Waals surface area (Å²) < 4.78 is 33.7. The van der Waals surface area contributed by atoms with Gasteiger partial charge in [-0.05, 0) is 60.1 Å². The van der Waals surface area contributed by atoms with Crippen molar-refractivity contribution in [2.45, 2.75) is 65.6 Å². The van der Waals surface area contributed by atoms with Crippen LogP contribution < -0.4 is 5.32 Å². The van der Waals surface area contributed by atoms with Crippen molar-refractivity contribution in [1.29, 1.82) is 0 Å². The van der Waals surface area contributed by atoms with E-state index in [0.717, 1.165) is 6.07 Å². The molecule has 0 saturated heterocycles. The molecule has 1 aromatic carbocycles. The van der Waals surface area contributed by atoms with Crippen molar-refractivity contribution >= 4 is 6.09 Å². The van der Waals surface area contributed by atoms with Crippen molar-refractivity contribution in [1.82, 2.24) is 20.1 Å². The number of ether oxygens (including phenoxy) is 1. The average molecular weight is 380 g/mol. The Balaban J connectivity index is 2.05. The van der Waals surface area contributed by atoms with Crippen molar-refractivity contribution in [3.8, 4) is 11.4 Å². The van der Waals surface area contributed by atoms with E-state index in [1.54, 1.807) is 32.4 Å². The van der Waals surface area contributed by atoms with Crippen molar-refractivity contribution in [3.05, 3.63) is 35.7 Å². The quantitative estimate of drug-likeness (QED) is 0.843. The fourth-order valence-corrected chi connectivity index (χ4v) is 2.46. The first-order chi connectivity index (χ1) is 12.3. The van der Waals surface area contributed by atoms with E-state index in [0.29, 0.717) is 18.8 Å². The number of hydrogen-bond donors (Lipinski definition) is 1. The highest BCUT2D eigenvalue weighted by molar-refractivity contribution is 5.68. The van der Waals surface area contributed by atoms with Gasteiger partial charge in [-0.1, -0.05) is 0 Å². The van der Waals surface area contributed by atoms with E-state index in [1.807, 2.05) is 13.8 Å². The van der Waals surface area contributed by atoms with Gasteiger partial charge in [0.1, 0.15) is 23.1 Å². The number of alkyl carbamates (subject to hydrolysis) is 1. The largest absolute Gasteiger partial charge is 0.444 e. The summed E-state index contributed by atoms with van der Waals surface area (Å²) in [6, 6.07) is 3.19. The molecular formula is C19H26F2N4O2. The molecule has 2 aromatic rings. The molecule has 8 heteroatoms. The lowest BCUT2D eigenvalue weighted by molar-refractivity contribution is 0.0465. The summed E-state index contributed by atoms with van der Waals surface area (Å²) in [7, 11) is 0. The van der Waals surface area contributed by atoms with Crippen LogP contribution in [0.25, 0.3) is 11.4 Å². The topological polar surface area (TPSA) is 69.0 Å². The van der Waals surface area contributed by atoms with Crippen LogP contribution in [-0.2, 0) is 11.3 Å². The molecule has 1 N–H and O–H groups in total. The second-order valence-electron chi connectivity index (χ2n) is 8.12. The van der Waals surface area contributed by atoms with Crippen LogP contribution in [0.2, 0.25) is 0 Å². The number of benzene rings is 1. The minimum absolute atomic E-state index is 0.254. The highest BCUT2D eigenvalue weighted by atomic mass is 19.1. The van der Waals surface area contributed by atoms with Gasteiger partial charge in [-0.2, -0.15) is 5.10 Å². The summed E-state index contributed by atoms with van der Waals surface area (Å²) >= 11 is 0. The van der Waals surface area contributed by atoms with E-state index >= 15 is 0 Å². The van der Waals surface area contributed by atoms with Crippen LogP contribution in [0.5, 0.6) is 0 Å². The smallest absolute Gasteiger partial charge is 0.408 e. The third-order valence-corrected chi connectivity index (χ3v) is 3.77. The van der Waals surface area contributed by atoms with E-state index in [2.05, 4.69) is 15.4 Å². The fraction of sp³-hybridized carbons (Fsp3) is 0.526. The number of aryl methyl sites for hydroxylation is 2. The van der Waals surface area contributed by atoms with Crippen molar-refractivity contribution < 1.29 is 18.3 Å².